The summed E-state index contributed by atoms with van der Waals surface area (Å²) in [5.74, 6) is 2.03. The summed E-state index contributed by atoms with van der Waals surface area (Å²) in [7, 11) is 3.61. The Balaban J connectivity index is 0.00000324. The Hall–Kier alpha value is 0.310. The molecule has 1 rings (SSSR count). The van der Waals surface area contributed by atoms with Crippen LogP contribution < -0.4 is 10.6 Å². The molecule has 0 aliphatic heterocycles. The van der Waals surface area contributed by atoms with Crippen molar-refractivity contribution >= 4 is 41.7 Å². The molecule has 1 fully saturated rings. The van der Waals surface area contributed by atoms with E-state index in [0.29, 0.717) is 5.41 Å². The van der Waals surface area contributed by atoms with Crippen LogP contribution in [-0.2, 0) is 4.74 Å². The number of nitrogens with one attached hydrogen (secondary N) is 2. The highest BCUT2D eigenvalue weighted by atomic mass is 127. The van der Waals surface area contributed by atoms with Crippen LogP contribution in [0.25, 0.3) is 0 Å². The zero-order valence-electron chi connectivity index (χ0n) is 12.3. The quantitative estimate of drug-likeness (QED) is 0.284. The Morgan fingerprint density at radius 2 is 2.11 bits per heavy atom. The summed E-state index contributed by atoms with van der Waals surface area (Å²) in [6, 6.07) is 0. The van der Waals surface area contributed by atoms with Crippen LogP contribution in [0, 0.1) is 5.41 Å². The van der Waals surface area contributed by atoms with Gasteiger partial charge in [0.1, 0.15) is 0 Å². The topological polar surface area (TPSA) is 45.7 Å². The Labute approximate surface area is 138 Å². The van der Waals surface area contributed by atoms with E-state index < -0.39 is 0 Å². The monoisotopic (exact) mass is 401 g/mol. The fraction of sp³-hybridized carbons (Fsp3) is 0.923. The van der Waals surface area contributed by atoms with E-state index in [0.717, 1.165) is 37.8 Å². The van der Waals surface area contributed by atoms with Crippen molar-refractivity contribution in [1.82, 2.24) is 10.6 Å². The number of aliphatic imine (C=N–C) groups is 1. The van der Waals surface area contributed by atoms with E-state index in [2.05, 4.69) is 21.9 Å². The lowest BCUT2D eigenvalue weighted by atomic mass is 9.67. The summed E-state index contributed by atoms with van der Waals surface area (Å²) in [6.07, 6.45) is 7.24. The first-order chi connectivity index (χ1) is 8.76. The van der Waals surface area contributed by atoms with Gasteiger partial charge in [-0.25, -0.2) is 0 Å². The van der Waals surface area contributed by atoms with E-state index in [1.165, 1.54) is 19.3 Å². The van der Waals surface area contributed by atoms with Crippen molar-refractivity contribution in [3.05, 3.63) is 0 Å². The standard InChI is InChI=1S/C13H27N3OS.HI/c1-14-12(15-8-10-18-3)16-11-13(5-4-6-13)7-9-17-2;/h4-11H2,1-3H3,(H2,14,15,16);1H. The fourth-order valence-corrected chi connectivity index (χ4v) is 2.58. The van der Waals surface area contributed by atoms with Gasteiger partial charge in [0, 0.05) is 39.6 Å². The van der Waals surface area contributed by atoms with Gasteiger partial charge in [0.15, 0.2) is 5.96 Å². The van der Waals surface area contributed by atoms with Gasteiger partial charge in [-0.05, 0) is 30.9 Å². The molecule has 0 heterocycles. The number of halogens is 1. The third-order valence-electron chi connectivity index (χ3n) is 3.70. The predicted octanol–water partition coefficient (Wildman–Crippen LogP) is 2.34. The Bertz CT molecular complexity index is 260. The minimum Gasteiger partial charge on any atom is -0.385 e. The molecule has 0 aromatic rings. The van der Waals surface area contributed by atoms with Gasteiger partial charge in [0.2, 0.25) is 0 Å². The van der Waals surface area contributed by atoms with E-state index in [-0.39, 0.29) is 24.0 Å². The van der Waals surface area contributed by atoms with Gasteiger partial charge in [-0.1, -0.05) is 6.42 Å². The van der Waals surface area contributed by atoms with Gasteiger partial charge in [-0.3, -0.25) is 4.99 Å². The molecule has 19 heavy (non-hydrogen) atoms. The van der Waals surface area contributed by atoms with E-state index in [1.54, 1.807) is 7.11 Å². The van der Waals surface area contributed by atoms with Crippen molar-refractivity contribution in [2.75, 3.05) is 45.9 Å². The van der Waals surface area contributed by atoms with Crippen LogP contribution in [0.15, 0.2) is 4.99 Å². The molecule has 0 atom stereocenters. The van der Waals surface area contributed by atoms with Crippen molar-refractivity contribution in [3.8, 4) is 0 Å². The largest absolute Gasteiger partial charge is 0.385 e. The normalized spacial score (nSPS) is 17.3. The molecule has 0 aromatic carbocycles. The molecule has 0 spiro atoms. The number of hydrogen-bond acceptors (Lipinski definition) is 3. The highest BCUT2D eigenvalue weighted by molar-refractivity contribution is 14.0. The van der Waals surface area contributed by atoms with E-state index >= 15 is 0 Å². The van der Waals surface area contributed by atoms with Crippen LogP contribution in [0.3, 0.4) is 0 Å². The van der Waals surface area contributed by atoms with E-state index in [9.17, 15) is 0 Å². The number of methoxy groups -OCH3 is 1. The lowest BCUT2D eigenvalue weighted by Crippen LogP contribution is -2.47. The molecular formula is C13H28IN3OS. The molecule has 0 saturated heterocycles. The molecule has 0 bridgehead atoms. The number of guanidine groups is 1. The second kappa shape index (κ2) is 11.0. The maximum absolute atomic E-state index is 5.21. The van der Waals surface area contributed by atoms with Crippen molar-refractivity contribution in [3.63, 3.8) is 0 Å². The second-order valence-electron chi connectivity index (χ2n) is 4.94. The van der Waals surface area contributed by atoms with Gasteiger partial charge in [-0.15, -0.1) is 24.0 Å². The summed E-state index contributed by atoms with van der Waals surface area (Å²) in [5, 5.41) is 6.79. The average molecular weight is 401 g/mol. The van der Waals surface area contributed by atoms with Crippen LogP contribution in [0.1, 0.15) is 25.7 Å². The molecule has 0 unspecified atom stereocenters. The van der Waals surface area contributed by atoms with E-state index in [1.807, 2.05) is 18.8 Å². The van der Waals surface area contributed by atoms with Gasteiger partial charge in [-0.2, -0.15) is 11.8 Å². The van der Waals surface area contributed by atoms with Crippen LogP contribution in [-0.4, -0.2) is 51.8 Å². The van der Waals surface area contributed by atoms with Crippen LogP contribution in [0.2, 0.25) is 0 Å². The van der Waals surface area contributed by atoms with Crippen molar-refractivity contribution in [2.24, 2.45) is 10.4 Å². The number of ether oxygens (including phenoxy) is 1. The maximum atomic E-state index is 5.21. The number of nitrogens with zero attached hydrogens (tertiary/aromatic N) is 1. The summed E-state index contributed by atoms with van der Waals surface area (Å²) in [5.41, 5.74) is 0.438. The predicted molar refractivity (Wildman–Crippen MR) is 95.9 cm³/mol. The minimum atomic E-state index is 0. The molecule has 0 aromatic heterocycles. The Morgan fingerprint density at radius 3 is 2.58 bits per heavy atom. The van der Waals surface area contributed by atoms with Gasteiger partial charge in [0.05, 0.1) is 0 Å². The Morgan fingerprint density at radius 1 is 1.37 bits per heavy atom. The first-order valence-electron chi connectivity index (χ1n) is 6.69. The molecule has 0 radical (unpaired) electrons. The summed E-state index contributed by atoms with van der Waals surface area (Å²) >= 11 is 1.84. The number of thioether (sulfide) groups is 1. The molecule has 0 amide bonds. The van der Waals surface area contributed by atoms with Crippen LogP contribution >= 0.6 is 35.7 Å². The molecule has 1 saturated carbocycles. The van der Waals surface area contributed by atoms with Crippen LogP contribution in [0.4, 0.5) is 0 Å². The molecule has 6 heteroatoms. The summed E-state index contributed by atoms with van der Waals surface area (Å²) < 4.78 is 5.21. The lowest BCUT2D eigenvalue weighted by molar-refractivity contribution is 0.0733. The van der Waals surface area contributed by atoms with Crippen molar-refractivity contribution in [2.45, 2.75) is 25.7 Å². The first kappa shape index (κ1) is 19.3. The Kier molecular flexibility index (Phi) is 11.2. The lowest BCUT2D eigenvalue weighted by Gasteiger charge is -2.42. The average Bonchev–Trinajstić information content (AvgIpc) is 2.35. The molecule has 1 aliphatic rings. The molecule has 4 nitrogen and oxygen atoms in total. The second-order valence-corrected chi connectivity index (χ2v) is 5.93. The smallest absolute Gasteiger partial charge is 0.191 e. The van der Waals surface area contributed by atoms with E-state index in [4.69, 9.17) is 4.74 Å². The highest BCUT2D eigenvalue weighted by Gasteiger charge is 2.36. The van der Waals surface area contributed by atoms with Crippen molar-refractivity contribution < 1.29 is 4.74 Å². The summed E-state index contributed by atoms with van der Waals surface area (Å²) in [6.45, 7) is 2.83. The molecule has 114 valence electrons. The first-order valence-corrected chi connectivity index (χ1v) is 8.08. The van der Waals surface area contributed by atoms with Gasteiger partial charge >= 0.3 is 0 Å². The van der Waals surface area contributed by atoms with Gasteiger partial charge < -0.3 is 15.4 Å². The third-order valence-corrected chi connectivity index (χ3v) is 4.32. The van der Waals surface area contributed by atoms with Crippen molar-refractivity contribution in [1.29, 1.82) is 0 Å². The third kappa shape index (κ3) is 7.04. The zero-order valence-corrected chi connectivity index (χ0v) is 15.5. The summed E-state index contributed by atoms with van der Waals surface area (Å²) in [4.78, 5) is 4.26. The number of hydrogen-bond donors (Lipinski definition) is 2. The molecule has 1 aliphatic carbocycles. The number of rotatable bonds is 8. The molecule has 2 N–H and O–H groups in total. The molecular weight excluding hydrogens is 373 g/mol. The van der Waals surface area contributed by atoms with Gasteiger partial charge in [0.25, 0.3) is 0 Å². The van der Waals surface area contributed by atoms with Crippen LogP contribution in [0.5, 0.6) is 0 Å². The minimum absolute atomic E-state index is 0. The zero-order chi connectivity index (χ0) is 13.3. The maximum Gasteiger partial charge on any atom is 0.191 e. The fourth-order valence-electron chi connectivity index (χ4n) is 2.27. The SMILES string of the molecule is CN=C(NCCSC)NCC1(CCOC)CCC1.I. The highest BCUT2D eigenvalue weighted by Crippen LogP contribution is 2.43.